The largest absolute Gasteiger partial charge is 0.481 e. The Morgan fingerprint density at radius 1 is 1.17 bits per heavy atom. The Balaban J connectivity index is 2.06. The van der Waals surface area contributed by atoms with Crippen LogP contribution in [0.25, 0.3) is 0 Å². The first kappa shape index (κ1) is 17.8. The van der Waals surface area contributed by atoms with Gasteiger partial charge in [-0.3, -0.25) is 4.79 Å². The van der Waals surface area contributed by atoms with Crippen LogP contribution in [0.3, 0.4) is 0 Å². The number of benzene rings is 2. The van der Waals surface area contributed by atoms with Gasteiger partial charge in [0.1, 0.15) is 5.75 Å². The van der Waals surface area contributed by atoms with Crippen LogP contribution in [0.1, 0.15) is 23.7 Å². The van der Waals surface area contributed by atoms with Crippen LogP contribution >= 0.6 is 11.6 Å². The number of rotatable bonds is 6. The van der Waals surface area contributed by atoms with E-state index in [1.807, 2.05) is 6.92 Å². The van der Waals surface area contributed by atoms with E-state index >= 15 is 0 Å². The Morgan fingerprint density at radius 2 is 1.88 bits per heavy atom. The van der Waals surface area contributed by atoms with E-state index in [0.717, 1.165) is 0 Å². The van der Waals surface area contributed by atoms with Gasteiger partial charge in [0.15, 0.2) is 6.10 Å². The van der Waals surface area contributed by atoms with Crippen molar-refractivity contribution in [3.05, 3.63) is 59.1 Å². The Hall–Kier alpha value is -2.53. The van der Waals surface area contributed by atoms with Crippen molar-refractivity contribution < 1.29 is 19.1 Å². The van der Waals surface area contributed by atoms with E-state index in [1.165, 1.54) is 7.11 Å². The molecule has 24 heavy (non-hydrogen) atoms. The summed E-state index contributed by atoms with van der Waals surface area (Å²) in [4.78, 5) is 23.9. The maximum Gasteiger partial charge on any atom is 0.337 e. The fourth-order valence-electron chi connectivity index (χ4n) is 2.06. The molecule has 0 saturated carbocycles. The molecule has 0 aliphatic carbocycles. The number of amides is 1. The molecule has 1 N–H and O–H groups in total. The third-order valence-corrected chi connectivity index (χ3v) is 3.56. The van der Waals surface area contributed by atoms with Crippen molar-refractivity contribution in [2.75, 3.05) is 12.4 Å². The average molecular weight is 348 g/mol. The summed E-state index contributed by atoms with van der Waals surface area (Å²) in [6, 6.07) is 13.3. The van der Waals surface area contributed by atoms with E-state index in [1.54, 1.807) is 48.5 Å². The van der Waals surface area contributed by atoms with Crippen molar-refractivity contribution in [3.63, 3.8) is 0 Å². The second-order valence-electron chi connectivity index (χ2n) is 5.03. The van der Waals surface area contributed by atoms with Gasteiger partial charge in [-0.05, 0) is 48.9 Å². The lowest BCUT2D eigenvalue weighted by Crippen LogP contribution is -2.32. The van der Waals surface area contributed by atoms with Crippen LogP contribution in [0.5, 0.6) is 5.75 Å². The summed E-state index contributed by atoms with van der Waals surface area (Å²) in [5, 5.41) is 3.34. The summed E-state index contributed by atoms with van der Waals surface area (Å²) >= 11 is 5.83. The van der Waals surface area contributed by atoms with Gasteiger partial charge in [-0.1, -0.05) is 24.6 Å². The van der Waals surface area contributed by atoms with E-state index in [-0.39, 0.29) is 5.91 Å². The van der Waals surface area contributed by atoms with Gasteiger partial charge >= 0.3 is 5.97 Å². The van der Waals surface area contributed by atoms with Gasteiger partial charge in [-0.2, -0.15) is 0 Å². The number of methoxy groups -OCH3 is 1. The molecule has 0 saturated heterocycles. The predicted octanol–water partition coefficient (Wildman–Crippen LogP) is 3.92. The zero-order chi connectivity index (χ0) is 17.5. The molecule has 2 aromatic carbocycles. The Morgan fingerprint density at radius 3 is 2.50 bits per heavy atom. The number of carbonyl (C=O) groups is 2. The zero-order valence-corrected chi connectivity index (χ0v) is 14.2. The SMILES string of the molecule is CC[C@H](Oc1ccc(Cl)cc1)C(=O)Nc1cccc(C(=O)OC)c1. The van der Waals surface area contributed by atoms with Crippen molar-refractivity contribution in [3.8, 4) is 5.75 Å². The third kappa shape index (κ3) is 4.73. The highest BCUT2D eigenvalue weighted by Crippen LogP contribution is 2.19. The van der Waals surface area contributed by atoms with Crippen LogP contribution in [0.2, 0.25) is 5.02 Å². The van der Waals surface area contributed by atoms with E-state index < -0.39 is 12.1 Å². The highest BCUT2D eigenvalue weighted by atomic mass is 35.5. The topological polar surface area (TPSA) is 64.6 Å². The molecule has 0 fully saturated rings. The highest BCUT2D eigenvalue weighted by molar-refractivity contribution is 6.30. The Bertz CT molecular complexity index is 715. The monoisotopic (exact) mass is 347 g/mol. The van der Waals surface area contributed by atoms with Gasteiger partial charge in [-0.15, -0.1) is 0 Å². The molecule has 5 nitrogen and oxygen atoms in total. The van der Waals surface area contributed by atoms with Gasteiger partial charge in [0.2, 0.25) is 0 Å². The minimum absolute atomic E-state index is 0.297. The number of hydrogen-bond donors (Lipinski definition) is 1. The fraction of sp³-hybridized carbons (Fsp3) is 0.222. The van der Waals surface area contributed by atoms with Crippen LogP contribution in [-0.2, 0) is 9.53 Å². The Kier molecular flexibility index (Phi) is 6.21. The minimum Gasteiger partial charge on any atom is -0.481 e. The fourth-order valence-corrected chi connectivity index (χ4v) is 2.19. The molecule has 2 rings (SSSR count). The number of hydrogen-bond acceptors (Lipinski definition) is 4. The number of ether oxygens (including phenoxy) is 2. The summed E-state index contributed by atoms with van der Waals surface area (Å²) < 4.78 is 10.4. The predicted molar refractivity (Wildman–Crippen MR) is 92.6 cm³/mol. The molecular weight excluding hydrogens is 330 g/mol. The quantitative estimate of drug-likeness (QED) is 0.804. The molecular formula is C18H18ClNO4. The smallest absolute Gasteiger partial charge is 0.337 e. The van der Waals surface area contributed by atoms with E-state index in [4.69, 9.17) is 16.3 Å². The third-order valence-electron chi connectivity index (χ3n) is 3.31. The van der Waals surface area contributed by atoms with Gasteiger partial charge in [0.25, 0.3) is 5.91 Å². The van der Waals surface area contributed by atoms with Gasteiger partial charge in [-0.25, -0.2) is 4.79 Å². The van der Waals surface area contributed by atoms with Gasteiger partial charge < -0.3 is 14.8 Å². The van der Waals surface area contributed by atoms with Gasteiger partial charge in [0, 0.05) is 10.7 Å². The first-order valence-electron chi connectivity index (χ1n) is 7.45. The molecule has 0 spiro atoms. The molecule has 0 bridgehead atoms. The summed E-state index contributed by atoms with van der Waals surface area (Å²) in [6.07, 6.45) is -0.168. The number of esters is 1. The second kappa shape index (κ2) is 8.36. The zero-order valence-electron chi connectivity index (χ0n) is 13.4. The summed E-state index contributed by atoms with van der Waals surface area (Å²) in [6.45, 7) is 1.85. The molecule has 0 heterocycles. The van der Waals surface area contributed by atoms with Gasteiger partial charge in [0.05, 0.1) is 12.7 Å². The second-order valence-corrected chi connectivity index (χ2v) is 5.47. The van der Waals surface area contributed by atoms with E-state index in [9.17, 15) is 9.59 Å². The molecule has 0 aromatic heterocycles. The maximum atomic E-state index is 12.4. The van der Waals surface area contributed by atoms with Crippen molar-refractivity contribution in [1.29, 1.82) is 0 Å². The van der Waals surface area contributed by atoms with E-state index in [0.29, 0.717) is 28.4 Å². The lowest BCUT2D eigenvalue weighted by molar-refractivity contribution is -0.122. The van der Waals surface area contributed by atoms with Crippen molar-refractivity contribution in [1.82, 2.24) is 0 Å². The average Bonchev–Trinajstić information content (AvgIpc) is 2.60. The minimum atomic E-state index is -0.659. The van der Waals surface area contributed by atoms with Crippen LogP contribution in [-0.4, -0.2) is 25.1 Å². The number of halogens is 1. The first-order valence-corrected chi connectivity index (χ1v) is 7.82. The van der Waals surface area contributed by atoms with Crippen LogP contribution < -0.4 is 10.1 Å². The lowest BCUT2D eigenvalue weighted by Gasteiger charge is -2.17. The maximum absolute atomic E-state index is 12.4. The standard InChI is InChI=1S/C18H18ClNO4/c1-3-16(24-15-9-7-13(19)8-10-15)17(21)20-14-6-4-5-12(11-14)18(22)23-2/h4-11,16H,3H2,1-2H3,(H,20,21)/t16-/m0/s1. The van der Waals surface area contributed by atoms with Crippen molar-refractivity contribution in [2.24, 2.45) is 0 Å². The summed E-state index contributed by atoms with van der Waals surface area (Å²) in [5.74, 6) is -0.199. The highest BCUT2D eigenvalue weighted by Gasteiger charge is 2.19. The Labute approximate surface area is 145 Å². The van der Waals surface area contributed by atoms with Crippen molar-refractivity contribution in [2.45, 2.75) is 19.4 Å². The van der Waals surface area contributed by atoms with Crippen LogP contribution in [0, 0.1) is 0 Å². The lowest BCUT2D eigenvalue weighted by atomic mass is 10.2. The molecule has 0 aliphatic rings. The van der Waals surface area contributed by atoms with Crippen LogP contribution in [0.4, 0.5) is 5.69 Å². The summed E-state index contributed by atoms with van der Waals surface area (Å²) in [5.41, 5.74) is 0.864. The summed E-state index contributed by atoms with van der Waals surface area (Å²) in [7, 11) is 1.31. The molecule has 2 aromatic rings. The van der Waals surface area contributed by atoms with Crippen molar-refractivity contribution >= 4 is 29.2 Å². The van der Waals surface area contributed by atoms with E-state index in [2.05, 4.69) is 10.1 Å². The number of nitrogens with one attached hydrogen (secondary N) is 1. The molecule has 126 valence electrons. The molecule has 0 radical (unpaired) electrons. The molecule has 0 aliphatic heterocycles. The molecule has 0 unspecified atom stereocenters. The first-order chi connectivity index (χ1) is 11.5. The molecule has 1 amide bonds. The van der Waals surface area contributed by atoms with Crippen LogP contribution in [0.15, 0.2) is 48.5 Å². The number of carbonyl (C=O) groups excluding carboxylic acids is 2. The number of anilines is 1. The normalized spacial score (nSPS) is 11.5. The molecule has 6 heteroatoms. The molecule has 1 atom stereocenters.